The summed E-state index contributed by atoms with van der Waals surface area (Å²) in [5.41, 5.74) is 1.61. The van der Waals surface area contributed by atoms with E-state index in [1.807, 2.05) is 40.9 Å². The predicted molar refractivity (Wildman–Crippen MR) is 104 cm³/mol. The second-order valence-corrected chi connectivity index (χ2v) is 8.34. The van der Waals surface area contributed by atoms with Crippen LogP contribution in [0.5, 0.6) is 0 Å². The molecule has 0 spiro atoms. The summed E-state index contributed by atoms with van der Waals surface area (Å²) in [6.45, 7) is 8.52. The molecule has 1 saturated heterocycles. The van der Waals surface area contributed by atoms with Gasteiger partial charge in [0.1, 0.15) is 0 Å². The fourth-order valence-corrected chi connectivity index (χ4v) is 4.26. The molecule has 0 radical (unpaired) electrons. The normalized spacial score (nSPS) is 22.2. The summed E-state index contributed by atoms with van der Waals surface area (Å²) in [7, 11) is 1.91. The van der Waals surface area contributed by atoms with Crippen LogP contribution >= 0.6 is 0 Å². The molecule has 2 fully saturated rings. The van der Waals surface area contributed by atoms with E-state index in [-0.39, 0.29) is 5.91 Å². The van der Waals surface area contributed by atoms with Gasteiger partial charge in [-0.2, -0.15) is 5.10 Å². The molecule has 0 N–H and O–H groups in total. The molecule has 0 bridgehead atoms. The monoisotopic (exact) mass is 354 g/mol. The molecular weight excluding hydrogens is 324 g/mol. The fraction of sp³-hybridized carbons (Fsp3) is 0.619. The molecular formula is C21H30N4O. The molecule has 1 unspecified atom stereocenters. The molecule has 1 aliphatic heterocycles. The Hall–Kier alpha value is -1.88. The molecule has 2 aliphatic rings. The van der Waals surface area contributed by atoms with E-state index in [2.05, 4.69) is 23.8 Å². The van der Waals surface area contributed by atoms with Crippen LogP contribution in [0.25, 0.3) is 10.9 Å². The maximum Gasteiger partial charge on any atom is 0.275 e. The fourth-order valence-electron chi connectivity index (χ4n) is 4.26. The minimum absolute atomic E-state index is 0.0840. The first kappa shape index (κ1) is 17.5. The Kier molecular flexibility index (Phi) is 4.74. The number of carbonyl (C=O) groups excluding carboxylic acids is 1. The van der Waals surface area contributed by atoms with Gasteiger partial charge in [-0.1, -0.05) is 32.0 Å². The van der Waals surface area contributed by atoms with Crippen LogP contribution in [0.4, 0.5) is 0 Å². The number of benzene rings is 1. The zero-order valence-corrected chi connectivity index (χ0v) is 16.2. The molecule has 140 valence electrons. The summed E-state index contributed by atoms with van der Waals surface area (Å²) in [5.74, 6) is 1.52. The van der Waals surface area contributed by atoms with Crippen molar-refractivity contribution in [1.82, 2.24) is 19.6 Å². The number of rotatable bonds is 4. The van der Waals surface area contributed by atoms with Crippen molar-refractivity contribution in [3.63, 3.8) is 0 Å². The number of fused-ring (bicyclic) bond motifs is 1. The second kappa shape index (κ2) is 7.03. The minimum Gasteiger partial charge on any atom is -0.336 e. The van der Waals surface area contributed by atoms with E-state index in [1.165, 1.54) is 19.4 Å². The Labute approximate surface area is 155 Å². The predicted octanol–water partition coefficient (Wildman–Crippen LogP) is 3.16. The lowest BCUT2D eigenvalue weighted by Gasteiger charge is -2.34. The molecule has 5 nitrogen and oxygen atoms in total. The third-order valence-corrected chi connectivity index (χ3v) is 5.96. The molecule has 1 saturated carbocycles. The van der Waals surface area contributed by atoms with Gasteiger partial charge in [0.15, 0.2) is 5.69 Å². The van der Waals surface area contributed by atoms with E-state index in [0.29, 0.717) is 17.7 Å². The summed E-state index contributed by atoms with van der Waals surface area (Å²) >= 11 is 0. The molecule has 1 aliphatic carbocycles. The summed E-state index contributed by atoms with van der Waals surface area (Å²) in [4.78, 5) is 18.0. The van der Waals surface area contributed by atoms with E-state index in [9.17, 15) is 4.79 Å². The second-order valence-electron chi connectivity index (χ2n) is 8.34. The van der Waals surface area contributed by atoms with Gasteiger partial charge in [-0.3, -0.25) is 14.4 Å². The SMILES string of the molecule is CC(C)C1CN(C(=O)c2nn(C)c3ccccc23)CCCN1CC1CC1. The molecule has 2 aromatic rings. The van der Waals surface area contributed by atoms with Gasteiger partial charge in [0, 0.05) is 44.7 Å². The van der Waals surface area contributed by atoms with Crippen LogP contribution in [-0.2, 0) is 7.05 Å². The molecule has 26 heavy (non-hydrogen) atoms. The Bertz CT molecular complexity index is 792. The summed E-state index contributed by atoms with van der Waals surface area (Å²) in [6, 6.07) is 8.45. The van der Waals surface area contributed by atoms with E-state index < -0.39 is 0 Å². The Morgan fingerprint density at radius 2 is 2.00 bits per heavy atom. The molecule has 5 heteroatoms. The van der Waals surface area contributed by atoms with Crippen molar-refractivity contribution in [3.05, 3.63) is 30.0 Å². The highest BCUT2D eigenvalue weighted by molar-refractivity contribution is 6.04. The lowest BCUT2D eigenvalue weighted by Crippen LogP contribution is -2.46. The highest BCUT2D eigenvalue weighted by Crippen LogP contribution is 2.32. The smallest absolute Gasteiger partial charge is 0.275 e. The molecule has 1 aromatic carbocycles. The summed E-state index contributed by atoms with van der Waals surface area (Å²) in [5, 5.41) is 5.51. The Morgan fingerprint density at radius 3 is 2.73 bits per heavy atom. The zero-order valence-electron chi connectivity index (χ0n) is 16.2. The van der Waals surface area contributed by atoms with Crippen molar-refractivity contribution in [2.75, 3.05) is 26.2 Å². The maximum absolute atomic E-state index is 13.3. The van der Waals surface area contributed by atoms with Crippen molar-refractivity contribution >= 4 is 16.8 Å². The van der Waals surface area contributed by atoms with Crippen LogP contribution in [-0.4, -0.2) is 57.7 Å². The highest BCUT2D eigenvalue weighted by Gasteiger charge is 2.34. The van der Waals surface area contributed by atoms with E-state index >= 15 is 0 Å². The average Bonchev–Trinajstić information content (AvgIpc) is 3.41. The van der Waals surface area contributed by atoms with E-state index in [0.717, 1.165) is 42.9 Å². The van der Waals surface area contributed by atoms with Crippen LogP contribution < -0.4 is 0 Å². The Balaban J connectivity index is 1.58. The topological polar surface area (TPSA) is 41.4 Å². The molecule has 2 heterocycles. The number of hydrogen-bond acceptors (Lipinski definition) is 3. The third kappa shape index (κ3) is 3.37. The number of para-hydroxylation sites is 1. The van der Waals surface area contributed by atoms with Crippen molar-refractivity contribution in [3.8, 4) is 0 Å². The van der Waals surface area contributed by atoms with Crippen LogP contribution in [0, 0.1) is 11.8 Å². The summed E-state index contributed by atoms with van der Waals surface area (Å²) < 4.78 is 1.82. The van der Waals surface area contributed by atoms with Gasteiger partial charge in [0.05, 0.1) is 5.52 Å². The van der Waals surface area contributed by atoms with Gasteiger partial charge in [-0.05, 0) is 37.2 Å². The van der Waals surface area contributed by atoms with Crippen molar-refractivity contribution < 1.29 is 4.79 Å². The first-order valence-corrected chi connectivity index (χ1v) is 9.99. The van der Waals surface area contributed by atoms with Gasteiger partial charge >= 0.3 is 0 Å². The van der Waals surface area contributed by atoms with Crippen molar-refractivity contribution in [1.29, 1.82) is 0 Å². The average molecular weight is 354 g/mol. The van der Waals surface area contributed by atoms with Crippen LogP contribution in [0.1, 0.15) is 43.6 Å². The molecule has 4 rings (SSSR count). The molecule has 1 aromatic heterocycles. The van der Waals surface area contributed by atoms with Crippen molar-refractivity contribution in [2.24, 2.45) is 18.9 Å². The minimum atomic E-state index is 0.0840. The van der Waals surface area contributed by atoms with Gasteiger partial charge in [0.25, 0.3) is 5.91 Å². The first-order valence-electron chi connectivity index (χ1n) is 9.99. The Morgan fingerprint density at radius 1 is 1.23 bits per heavy atom. The number of amides is 1. The largest absolute Gasteiger partial charge is 0.336 e. The van der Waals surface area contributed by atoms with E-state index in [4.69, 9.17) is 0 Å². The highest BCUT2D eigenvalue weighted by atomic mass is 16.2. The van der Waals surface area contributed by atoms with Gasteiger partial charge < -0.3 is 4.90 Å². The number of aryl methyl sites for hydroxylation is 1. The zero-order chi connectivity index (χ0) is 18.3. The van der Waals surface area contributed by atoms with Gasteiger partial charge in [-0.25, -0.2) is 0 Å². The number of aromatic nitrogens is 2. The van der Waals surface area contributed by atoms with Gasteiger partial charge in [0.2, 0.25) is 0 Å². The maximum atomic E-state index is 13.3. The standard InChI is InChI=1S/C21H30N4O/c1-15(2)19-14-25(12-6-11-24(19)13-16-9-10-16)21(26)20-17-7-4-5-8-18(17)23(3)22-20/h4-5,7-8,15-16,19H,6,9-14H2,1-3H3. The van der Waals surface area contributed by atoms with Crippen LogP contribution in [0.2, 0.25) is 0 Å². The quantitative estimate of drug-likeness (QED) is 0.847. The number of carbonyl (C=O) groups is 1. The van der Waals surface area contributed by atoms with E-state index in [1.54, 1.807) is 0 Å². The lowest BCUT2D eigenvalue weighted by atomic mass is 10.0. The summed E-state index contributed by atoms with van der Waals surface area (Å²) in [6.07, 6.45) is 3.81. The molecule has 1 amide bonds. The third-order valence-electron chi connectivity index (χ3n) is 5.96. The number of hydrogen-bond donors (Lipinski definition) is 0. The number of nitrogens with zero attached hydrogens (tertiary/aromatic N) is 4. The van der Waals surface area contributed by atoms with Gasteiger partial charge in [-0.15, -0.1) is 0 Å². The van der Waals surface area contributed by atoms with Crippen LogP contribution in [0.15, 0.2) is 24.3 Å². The van der Waals surface area contributed by atoms with Crippen LogP contribution in [0.3, 0.4) is 0 Å². The van der Waals surface area contributed by atoms with Crippen molar-refractivity contribution in [2.45, 2.75) is 39.2 Å². The molecule has 1 atom stereocenters. The lowest BCUT2D eigenvalue weighted by molar-refractivity contribution is 0.0699. The first-order chi connectivity index (χ1) is 12.5.